The molecule has 8 nitrogen and oxygen atoms in total. The molecule has 2 rings (SSSR count). The molecule has 1 saturated carbocycles. The molecule has 0 unspecified atom stereocenters. The standard InChI is InChI=1S/C12H14ClN3O5S/c1-15(7-12(17)14-8-2-3-8)22(20,21)9-4-5-10(13)11(6-9)16(18)19/h4-6,8H,2-3,7H2,1H3,(H,14,17). The summed E-state index contributed by atoms with van der Waals surface area (Å²) in [4.78, 5) is 21.4. The highest BCUT2D eigenvalue weighted by Gasteiger charge is 2.28. The van der Waals surface area contributed by atoms with E-state index >= 15 is 0 Å². The average Bonchev–Trinajstić information content (AvgIpc) is 3.22. The number of nitrogens with one attached hydrogen (secondary N) is 1. The van der Waals surface area contributed by atoms with E-state index in [2.05, 4.69) is 5.32 Å². The van der Waals surface area contributed by atoms with Crippen molar-refractivity contribution in [3.8, 4) is 0 Å². The Morgan fingerprint density at radius 3 is 2.68 bits per heavy atom. The Balaban J connectivity index is 2.19. The van der Waals surface area contributed by atoms with Gasteiger partial charge in [0.1, 0.15) is 5.02 Å². The van der Waals surface area contributed by atoms with Gasteiger partial charge in [-0.25, -0.2) is 8.42 Å². The first kappa shape index (κ1) is 16.7. The van der Waals surface area contributed by atoms with Crippen molar-refractivity contribution in [2.45, 2.75) is 23.8 Å². The van der Waals surface area contributed by atoms with E-state index in [1.54, 1.807) is 0 Å². The zero-order valence-electron chi connectivity index (χ0n) is 11.7. The highest BCUT2D eigenvalue weighted by molar-refractivity contribution is 7.89. The lowest BCUT2D eigenvalue weighted by molar-refractivity contribution is -0.384. The summed E-state index contributed by atoms with van der Waals surface area (Å²) in [5.41, 5.74) is -0.501. The second-order valence-electron chi connectivity index (χ2n) is 4.97. The van der Waals surface area contributed by atoms with Crippen LogP contribution in [0.2, 0.25) is 5.02 Å². The maximum Gasteiger partial charge on any atom is 0.289 e. The number of carbonyl (C=O) groups excluding carboxylic acids is 1. The van der Waals surface area contributed by atoms with Crippen molar-refractivity contribution in [1.29, 1.82) is 0 Å². The van der Waals surface area contributed by atoms with Crippen molar-refractivity contribution in [3.63, 3.8) is 0 Å². The van der Waals surface area contributed by atoms with Crippen molar-refractivity contribution in [1.82, 2.24) is 9.62 Å². The van der Waals surface area contributed by atoms with Gasteiger partial charge in [0.2, 0.25) is 15.9 Å². The molecule has 1 N–H and O–H groups in total. The molecule has 0 saturated heterocycles. The lowest BCUT2D eigenvalue weighted by atomic mass is 10.3. The number of nitro benzene ring substituents is 1. The van der Waals surface area contributed by atoms with Crippen molar-refractivity contribution < 1.29 is 18.1 Å². The molecule has 120 valence electrons. The molecule has 0 radical (unpaired) electrons. The normalized spacial score (nSPS) is 14.9. The van der Waals surface area contributed by atoms with Gasteiger partial charge in [-0.3, -0.25) is 14.9 Å². The number of benzene rings is 1. The van der Waals surface area contributed by atoms with Gasteiger partial charge in [0.15, 0.2) is 0 Å². The first-order valence-electron chi connectivity index (χ1n) is 6.41. The van der Waals surface area contributed by atoms with Crippen LogP contribution in [0.1, 0.15) is 12.8 Å². The summed E-state index contributed by atoms with van der Waals surface area (Å²) in [7, 11) is -2.77. The maximum absolute atomic E-state index is 12.3. The second kappa shape index (κ2) is 6.19. The molecule has 10 heteroatoms. The molecule has 1 aliphatic rings. The predicted molar refractivity (Wildman–Crippen MR) is 79.1 cm³/mol. The summed E-state index contributed by atoms with van der Waals surface area (Å²) < 4.78 is 25.5. The van der Waals surface area contributed by atoms with Crippen LogP contribution in [0, 0.1) is 10.1 Å². The Labute approximate surface area is 132 Å². The molecule has 0 bridgehead atoms. The Bertz CT molecular complexity index is 717. The molecule has 1 aliphatic carbocycles. The van der Waals surface area contributed by atoms with Crippen LogP contribution >= 0.6 is 11.6 Å². The van der Waals surface area contributed by atoms with Crippen LogP contribution in [0.4, 0.5) is 5.69 Å². The second-order valence-corrected chi connectivity index (χ2v) is 7.43. The van der Waals surface area contributed by atoms with Gasteiger partial charge in [-0.1, -0.05) is 11.6 Å². The monoisotopic (exact) mass is 347 g/mol. The summed E-state index contributed by atoms with van der Waals surface area (Å²) in [6, 6.07) is 3.32. The predicted octanol–water partition coefficient (Wildman–Crippen LogP) is 1.15. The lowest BCUT2D eigenvalue weighted by Crippen LogP contribution is -2.39. The van der Waals surface area contributed by atoms with Gasteiger partial charge < -0.3 is 5.32 Å². The molecule has 1 amide bonds. The van der Waals surface area contributed by atoms with Gasteiger partial charge in [0.05, 0.1) is 16.4 Å². The molecule has 0 spiro atoms. The summed E-state index contributed by atoms with van der Waals surface area (Å²) in [6.45, 7) is -0.352. The van der Waals surface area contributed by atoms with E-state index in [0.717, 1.165) is 29.3 Å². The van der Waals surface area contributed by atoms with Crippen molar-refractivity contribution in [2.24, 2.45) is 0 Å². The van der Waals surface area contributed by atoms with Gasteiger partial charge >= 0.3 is 0 Å². The van der Waals surface area contributed by atoms with Crippen molar-refractivity contribution >= 4 is 33.2 Å². The number of halogens is 1. The van der Waals surface area contributed by atoms with Crippen LogP contribution in [0.25, 0.3) is 0 Å². The minimum atomic E-state index is -4.01. The number of hydrogen-bond acceptors (Lipinski definition) is 5. The van der Waals surface area contributed by atoms with E-state index in [0.29, 0.717) is 0 Å². The SMILES string of the molecule is CN(CC(=O)NC1CC1)S(=O)(=O)c1ccc(Cl)c([N+](=O)[O-])c1. The van der Waals surface area contributed by atoms with E-state index in [4.69, 9.17) is 11.6 Å². The summed E-state index contributed by atoms with van der Waals surface area (Å²) in [5.74, 6) is -0.406. The van der Waals surface area contributed by atoms with Crippen molar-refractivity contribution in [2.75, 3.05) is 13.6 Å². The highest BCUT2D eigenvalue weighted by atomic mass is 35.5. The number of amides is 1. The lowest BCUT2D eigenvalue weighted by Gasteiger charge is -2.16. The van der Waals surface area contributed by atoms with E-state index < -0.39 is 26.5 Å². The van der Waals surface area contributed by atoms with E-state index in [1.807, 2.05) is 0 Å². The number of nitrogens with zero attached hydrogens (tertiary/aromatic N) is 2. The number of rotatable bonds is 6. The average molecular weight is 348 g/mol. The summed E-state index contributed by atoms with van der Waals surface area (Å²) >= 11 is 5.66. The smallest absolute Gasteiger partial charge is 0.289 e. The van der Waals surface area contributed by atoms with Crippen LogP contribution in [0.3, 0.4) is 0 Å². The number of likely N-dealkylation sites (N-methyl/N-ethyl adjacent to an activating group) is 1. The molecule has 0 aliphatic heterocycles. The fourth-order valence-electron chi connectivity index (χ4n) is 1.76. The maximum atomic E-state index is 12.3. The molecule has 22 heavy (non-hydrogen) atoms. The number of nitro groups is 1. The number of hydrogen-bond donors (Lipinski definition) is 1. The Kier molecular flexibility index (Phi) is 4.69. The first-order chi connectivity index (χ1) is 10.2. The van der Waals surface area contributed by atoms with Gasteiger partial charge in [-0.2, -0.15) is 4.31 Å². The van der Waals surface area contributed by atoms with E-state index in [9.17, 15) is 23.3 Å². The van der Waals surface area contributed by atoms with E-state index in [-0.39, 0.29) is 22.5 Å². The van der Waals surface area contributed by atoms with Gasteiger partial charge in [0, 0.05) is 19.2 Å². The molecule has 0 atom stereocenters. The van der Waals surface area contributed by atoms with Gasteiger partial charge in [0.25, 0.3) is 5.69 Å². The van der Waals surface area contributed by atoms with Crippen LogP contribution in [-0.2, 0) is 14.8 Å². The highest BCUT2D eigenvalue weighted by Crippen LogP contribution is 2.28. The topological polar surface area (TPSA) is 110 Å². The third-order valence-corrected chi connectivity index (χ3v) is 5.25. The zero-order chi connectivity index (χ0) is 16.5. The molecular weight excluding hydrogens is 334 g/mol. The minimum absolute atomic E-state index is 0.125. The molecular formula is C12H14ClN3O5S. The summed E-state index contributed by atoms with van der Waals surface area (Å²) in [5, 5.41) is 13.3. The zero-order valence-corrected chi connectivity index (χ0v) is 13.2. The molecule has 1 aromatic rings. The van der Waals surface area contributed by atoms with Crippen LogP contribution in [0.5, 0.6) is 0 Å². The first-order valence-corrected chi connectivity index (χ1v) is 8.23. The molecule has 0 heterocycles. The van der Waals surface area contributed by atoms with Crippen molar-refractivity contribution in [3.05, 3.63) is 33.3 Å². The number of carbonyl (C=O) groups is 1. The number of sulfonamides is 1. The van der Waals surface area contributed by atoms with Gasteiger partial charge in [-0.15, -0.1) is 0 Å². The Hall–Kier alpha value is -1.71. The third kappa shape index (κ3) is 3.73. The fraction of sp³-hybridized carbons (Fsp3) is 0.417. The minimum Gasteiger partial charge on any atom is -0.352 e. The van der Waals surface area contributed by atoms with Gasteiger partial charge in [-0.05, 0) is 25.0 Å². The molecule has 1 fully saturated rings. The Morgan fingerprint density at radius 2 is 2.14 bits per heavy atom. The van der Waals surface area contributed by atoms with Crippen LogP contribution < -0.4 is 5.32 Å². The van der Waals surface area contributed by atoms with E-state index in [1.165, 1.54) is 13.1 Å². The summed E-state index contributed by atoms with van der Waals surface area (Å²) in [6.07, 6.45) is 1.79. The van der Waals surface area contributed by atoms with Crippen LogP contribution in [0.15, 0.2) is 23.1 Å². The fourth-order valence-corrected chi connectivity index (χ4v) is 3.10. The third-order valence-electron chi connectivity index (χ3n) is 3.13. The largest absolute Gasteiger partial charge is 0.352 e. The van der Waals surface area contributed by atoms with Crippen LogP contribution in [-0.4, -0.2) is 43.2 Å². The molecule has 0 aromatic heterocycles. The Morgan fingerprint density at radius 1 is 1.50 bits per heavy atom. The quantitative estimate of drug-likeness (QED) is 0.613. The molecule has 1 aromatic carbocycles.